The quantitative estimate of drug-likeness (QED) is 0.521. The summed E-state index contributed by atoms with van der Waals surface area (Å²) < 4.78 is 16.3. The summed E-state index contributed by atoms with van der Waals surface area (Å²) in [7, 11) is 0. The molecule has 198 valence electrons. The smallest absolute Gasteiger partial charge is 0.409 e. The molecular weight excluding hydrogens is 482 g/mol. The van der Waals surface area contributed by atoms with Crippen molar-refractivity contribution in [1.29, 1.82) is 0 Å². The molecule has 4 rings (SSSR count). The fourth-order valence-corrected chi connectivity index (χ4v) is 4.06. The Morgan fingerprint density at radius 1 is 1.14 bits per heavy atom. The minimum Gasteiger partial charge on any atom is -0.472 e. The number of aromatic nitrogens is 2. The van der Waals surface area contributed by atoms with Crippen LogP contribution in [-0.2, 0) is 14.3 Å². The maximum atomic E-state index is 13.2. The third kappa shape index (κ3) is 6.71. The van der Waals surface area contributed by atoms with Crippen molar-refractivity contribution in [3.05, 3.63) is 42.1 Å². The normalized spacial score (nSPS) is 18.3. The molecule has 0 saturated carbocycles. The zero-order valence-corrected chi connectivity index (χ0v) is 20.7. The van der Waals surface area contributed by atoms with E-state index in [1.807, 2.05) is 30.3 Å². The van der Waals surface area contributed by atoms with Crippen molar-refractivity contribution in [2.75, 3.05) is 52.6 Å². The van der Waals surface area contributed by atoms with Crippen LogP contribution in [0.25, 0.3) is 11.4 Å². The molecule has 3 heterocycles. The van der Waals surface area contributed by atoms with E-state index in [9.17, 15) is 19.5 Å². The average molecular weight is 514 g/mol. The Balaban J connectivity index is 1.46. The van der Waals surface area contributed by atoms with E-state index in [4.69, 9.17) is 14.2 Å². The summed E-state index contributed by atoms with van der Waals surface area (Å²) in [6.45, 7) is 3.54. The number of nitrogens with zero attached hydrogens (tertiary/aromatic N) is 4. The molecule has 0 spiro atoms. The van der Waals surface area contributed by atoms with Crippen LogP contribution in [0.2, 0.25) is 0 Å². The summed E-state index contributed by atoms with van der Waals surface area (Å²) in [5.41, 5.74) is 0.695. The van der Waals surface area contributed by atoms with Crippen molar-refractivity contribution in [2.24, 2.45) is 0 Å². The minimum absolute atomic E-state index is 0.00106. The monoisotopic (exact) mass is 513 g/mol. The molecule has 12 heteroatoms. The summed E-state index contributed by atoms with van der Waals surface area (Å²) in [6, 6.07) is 9.39. The molecule has 0 aliphatic carbocycles. The Bertz CT molecular complexity index is 1090. The molecule has 1 aromatic carbocycles. The fourth-order valence-electron chi connectivity index (χ4n) is 4.06. The summed E-state index contributed by atoms with van der Waals surface area (Å²) >= 11 is 0. The first kappa shape index (κ1) is 26.3. The molecule has 2 saturated heterocycles. The highest BCUT2D eigenvalue weighted by molar-refractivity contribution is 5.96. The number of ether oxygens (including phenoxy) is 3. The van der Waals surface area contributed by atoms with Gasteiger partial charge in [0.2, 0.25) is 11.8 Å². The fraction of sp³-hybridized carbons (Fsp3) is 0.480. The predicted octanol–water partition coefficient (Wildman–Crippen LogP) is 0.703. The molecule has 2 atom stereocenters. The molecule has 0 radical (unpaired) electrons. The van der Waals surface area contributed by atoms with E-state index in [1.165, 1.54) is 15.9 Å². The van der Waals surface area contributed by atoms with Crippen LogP contribution in [0.4, 0.5) is 4.79 Å². The lowest BCUT2D eigenvalue weighted by atomic mass is 10.2. The Morgan fingerprint density at radius 2 is 1.86 bits per heavy atom. The Labute approximate surface area is 214 Å². The predicted molar refractivity (Wildman–Crippen MR) is 131 cm³/mol. The summed E-state index contributed by atoms with van der Waals surface area (Å²) in [5.74, 6) is -0.582. The van der Waals surface area contributed by atoms with Gasteiger partial charge >= 0.3 is 6.09 Å². The summed E-state index contributed by atoms with van der Waals surface area (Å²) in [4.78, 5) is 49.9. The van der Waals surface area contributed by atoms with Crippen LogP contribution in [0, 0.1) is 0 Å². The van der Waals surface area contributed by atoms with Crippen LogP contribution in [-0.4, -0.2) is 108 Å². The molecule has 2 aliphatic heterocycles. The number of carbonyl (C=O) groups excluding carboxylic acids is 3. The second kappa shape index (κ2) is 12.5. The molecule has 2 fully saturated rings. The molecule has 1 aromatic heterocycles. The highest BCUT2D eigenvalue weighted by atomic mass is 16.6. The number of hydrogen-bond acceptors (Lipinski definition) is 9. The van der Waals surface area contributed by atoms with Crippen molar-refractivity contribution in [2.45, 2.75) is 25.5 Å². The van der Waals surface area contributed by atoms with Crippen molar-refractivity contribution < 1.29 is 33.7 Å². The number of carbonyl (C=O) groups is 3. The van der Waals surface area contributed by atoms with E-state index in [1.54, 1.807) is 6.92 Å². The molecule has 3 amide bonds. The molecule has 0 bridgehead atoms. The molecule has 37 heavy (non-hydrogen) atoms. The number of nitrogens with one attached hydrogen (secondary N) is 1. The van der Waals surface area contributed by atoms with Gasteiger partial charge in [0.1, 0.15) is 17.8 Å². The third-order valence-electron chi connectivity index (χ3n) is 6.05. The van der Waals surface area contributed by atoms with Crippen molar-refractivity contribution >= 4 is 17.9 Å². The summed E-state index contributed by atoms with van der Waals surface area (Å²) in [6.07, 6.45) is 0.0905. The van der Waals surface area contributed by atoms with Gasteiger partial charge in [-0.3, -0.25) is 9.59 Å². The van der Waals surface area contributed by atoms with Crippen molar-refractivity contribution in [3.8, 4) is 17.3 Å². The molecule has 1 unspecified atom stereocenters. The first-order valence-corrected chi connectivity index (χ1v) is 12.3. The standard InChI is InChI=1S/C25H31N5O7/c1-2-36-25(34)30-11-9-29(10-12-30)24(33)20(15-31)27-23(32)19-14-21(37-18-8-13-35-16-18)28-22(26-19)17-6-4-3-5-7-17/h3-7,14,18,20,31H,2,8-13,15-16H2,1H3,(H,27,32)/t18-,20?/m0/s1. The lowest BCUT2D eigenvalue weighted by Crippen LogP contribution is -2.56. The molecular formula is C25H31N5O7. The Hall–Kier alpha value is -3.77. The van der Waals surface area contributed by atoms with Crippen molar-refractivity contribution in [3.63, 3.8) is 0 Å². The lowest BCUT2D eigenvalue weighted by molar-refractivity contribution is -0.135. The number of aliphatic hydroxyl groups excluding tert-OH is 1. The average Bonchev–Trinajstić information content (AvgIpc) is 3.44. The van der Waals surface area contributed by atoms with Gasteiger partial charge < -0.3 is 34.4 Å². The zero-order chi connectivity index (χ0) is 26.2. The first-order valence-electron chi connectivity index (χ1n) is 12.3. The van der Waals surface area contributed by atoms with Crippen LogP contribution in [0.1, 0.15) is 23.8 Å². The van der Waals surface area contributed by atoms with E-state index in [0.717, 1.165) is 0 Å². The Morgan fingerprint density at radius 3 is 2.51 bits per heavy atom. The number of amides is 3. The van der Waals surface area contributed by atoms with Gasteiger partial charge in [-0.25, -0.2) is 9.78 Å². The SMILES string of the molecule is CCOC(=O)N1CCN(C(=O)C(CO)NC(=O)c2cc(O[C@H]3CCOC3)nc(-c3ccccc3)n2)CC1. The molecule has 2 aliphatic rings. The van der Waals surface area contributed by atoms with Crippen molar-refractivity contribution in [1.82, 2.24) is 25.1 Å². The second-order valence-corrected chi connectivity index (χ2v) is 8.60. The molecule has 2 aromatic rings. The zero-order valence-electron chi connectivity index (χ0n) is 20.7. The van der Waals surface area contributed by atoms with Gasteiger partial charge in [0.15, 0.2) is 5.82 Å². The minimum atomic E-state index is -1.18. The van der Waals surface area contributed by atoms with Gasteiger partial charge in [-0.1, -0.05) is 30.3 Å². The van der Waals surface area contributed by atoms with Gasteiger partial charge in [-0.2, -0.15) is 4.98 Å². The first-order chi connectivity index (χ1) is 18.0. The van der Waals surface area contributed by atoms with E-state index in [2.05, 4.69) is 15.3 Å². The van der Waals surface area contributed by atoms with Gasteiger partial charge in [-0.15, -0.1) is 0 Å². The molecule has 2 N–H and O–H groups in total. The van der Waals surface area contributed by atoms with Crippen LogP contribution < -0.4 is 10.1 Å². The number of rotatable bonds is 8. The second-order valence-electron chi connectivity index (χ2n) is 8.60. The van der Waals surface area contributed by atoms with Gasteiger partial charge in [0, 0.05) is 44.2 Å². The highest BCUT2D eigenvalue weighted by Crippen LogP contribution is 2.21. The summed E-state index contributed by atoms with van der Waals surface area (Å²) in [5, 5.41) is 12.5. The van der Waals surface area contributed by atoms with Crippen LogP contribution in [0.5, 0.6) is 5.88 Å². The van der Waals surface area contributed by atoms with E-state index < -0.39 is 30.6 Å². The lowest BCUT2D eigenvalue weighted by Gasteiger charge is -2.35. The highest BCUT2D eigenvalue weighted by Gasteiger charge is 2.31. The van der Waals surface area contributed by atoms with Gasteiger partial charge in [0.05, 0.1) is 26.4 Å². The number of aliphatic hydroxyl groups is 1. The van der Waals surface area contributed by atoms with Gasteiger partial charge in [-0.05, 0) is 6.92 Å². The van der Waals surface area contributed by atoms with E-state index >= 15 is 0 Å². The number of benzene rings is 1. The van der Waals surface area contributed by atoms with E-state index in [0.29, 0.717) is 44.1 Å². The number of hydrogen-bond donors (Lipinski definition) is 2. The van der Waals surface area contributed by atoms with Gasteiger partial charge in [0.25, 0.3) is 5.91 Å². The number of piperazine rings is 1. The Kier molecular flexibility index (Phi) is 8.86. The van der Waals surface area contributed by atoms with Crippen LogP contribution in [0.3, 0.4) is 0 Å². The molecule has 12 nitrogen and oxygen atoms in total. The largest absolute Gasteiger partial charge is 0.472 e. The topological polar surface area (TPSA) is 143 Å². The van der Waals surface area contributed by atoms with Crippen LogP contribution >= 0.6 is 0 Å². The van der Waals surface area contributed by atoms with E-state index in [-0.39, 0.29) is 37.4 Å². The maximum Gasteiger partial charge on any atom is 0.409 e. The third-order valence-corrected chi connectivity index (χ3v) is 6.05. The maximum absolute atomic E-state index is 13.2. The van der Waals surface area contributed by atoms with Crippen LogP contribution in [0.15, 0.2) is 36.4 Å².